The van der Waals surface area contributed by atoms with Gasteiger partial charge in [0.15, 0.2) is 0 Å². The van der Waals surface area contributed by atoms with Crippen molar-refractivity contribution in [2.45, 2.75) is 65.1 Å². The van der Waals surface area contributed by atoms with Crippen LogP contribution in [-0.4, -0.2) is 28.7 Å². The van der Waals surface area contributed by atoms with Crippen molar-refractivity contribution in [3.8, 4) is 5.00 Å². The first-order valence-electron chi connectivity index (χ1n) is 11.7. The molecule has 0 aromatic carbocycles. The zero-order chi connectivity index (χ0) is 23.9. The maximum Gasteiger partial charge on any atom is 0.341 e. The number of aryl methyl sites for hydroxylation is 1. The molecule has 0 fully saturated rings. The van der Waals surface area contributed by atoms with Crippen LogP contribution in [0.1, 0.15) is 64.0 Å². The van der Waals surface area contributed by atoms with Gasteiger partial charge in [-0.15, -0.1) is 22.7 Å². The minimum absolute atomic E-state index is 0.308. The number of amides is 2. The number of nitrogens with one attached hydrogen (secondary N) is 3. The molecule has 0 unspecified atom stereocenters. The summed E-state index contributed by atoms with van der Waals surface area (Å²) < 4.78 is 7.77. The summed E-state index contributed by atoms with van der Waals surface area (Å²) in [5.74, 6) is -0.364. The molecule has 0 saturated carbocycles. The number of anilines is 1. The summed E-state index contributed by atoms with van der Waals surface area (Å²) in [7, 11) is 0. The van der Waals surface area contributed by atoms with Crippen molar-refractivity contribution in [3.63, 3.8) is 0 Å². The maximum absolute atomic E-state index is 13.0. The van der Waals surface area contributed by atoms with Crippen molar-refractivity contribution in [1.29, 1.82) is 0 Å². The van der Waals surface area contributed by atoms with Gasteiger partial charge in [-0.2, -0.15) is 0 Å². The number of urea groups is 1. The standard InChI is InChI=1S/C25H30N4O3S2/c1-25(2,3)32-23(30)20-16-7-6-8-18(16)33-21(20)28-24(31)27-13-17-15-9-10-26-14-19(15)34-22(17)29-11-4-5-12-29/h4-5,11-12,26H,6-10,13-14H2,1-3H3,(H2,27,28,31). The quantitative estimate of drug-likeness (QED) is 0.432. The van der Waals surface area contributed by atoms with Gasteiger partial charge in [-0.05, 0) is 76.3 Å². The largest absolute Gasteiger partial charge is 0.456 e. The molecule has 0 spiro atoms. The highest BCUT2D eigenvalue weighted by atomic mass is 32.1. The number of hydrogen-bond donors (Lipinski definition) is 3. The molecule has 2 amide bonds. The van der Waals surface area contributed by atoms with E-state index in [1.54, 1.807) is 11.3 Å². The van der Waals surface area contributed by atoms with E-state index in [1.165, 1.54) is 26.7 Å². The van der Waals surface area contributed by atoms with E-state index in [1.807, 2.05) is 45.3 Å². The molecule has 5 rings (SSSR count). The Morgan fingerprint density at radius 3 is 2.65 bits per heavy atom. The molecule has 34 heavy (non-hydrogen) atoms. The zero-order valence-corrected chi connectivity index (χ0v) is 21.4. The number of carbonyl (C=O) groups is 2. The molecule has 2 aliphatic rings. The van der Waals surface area contributed by atoms with Crippen LogP contribution < -0.4 is 16.0 Å². The van der Waals surface area contributed by atoms with Gasteiger partial charge in [0.1, 0.15) is 15.6 Å². The summed E-state index contributed by atoms with van der Waals surface area (Å²) in [6, 6.07) is 3.71. The number of aromatic nitrogens is 1. The average Bonchev–Trinajstić information content (AvgIpc) is 3.53. The summed E-state index contributed by atoms with van der Waals surface area (Å²) in [4.78, 5) is 28.4. The second-order valence-corrected chi connectivity index (χ2v) is 11.9. The monoisotopic (exact) mass is 498 g/mol. The third-order valence-electron chi connectivity index (χ3n) is 6.03. The van der Waals surface area contributed by atoms with Crippen LogP contribution in [0.25, 0.3) is 5.00 Å². The summed E-state index contributed by atoms with van der Waals surface area (Å²) in [6.07, 6.45) is 7.84. The molecule has 1 aliphatic carbocycles. The van der Waals surface area contributed by atoms with Gasteiger partial charge in [0.2, 0.25) is 0 Å². The molecule has 3 N–H and O–H groups in total. The number of fused-ring (bicyclic) bond motifs is 2. The van der Waals surface area contributed by atoms with E-state index in [2.05, 4.69) is 20.5 Å². The number of esters is 1. The Labute approximate surface area is 207 Å². The number of thiophene rings is 2. The number of nitrogens with zero attached hydrogens (tertiary/aromatic N) is 1. The fourth-order valence-electron chi connectivity index (χ4n) is 4.60. The van der Waals surface area contributed by atoms with E-state index in [4.69, 9.17) is 4.74 Å². The summed E-state index contributed by atoms with van der Waals surface area (Å²) >= 11 is 3.27. The van der Waals surface area contributed by atoms with Crippen molar-refractivity contribution in [3.05, 3.63) is 56.5 Å². The summed E-state index contributed by atoms with van der Waals surface area (Å²) in [6.45, 7) is 7.80. The molecule has 9 heteroatoms. The van der Waals surface area contributed by atoms with E-state index in [-0.39, 0.29) is 12.0 Å². The average molecular weight is 499 g/mol. The number of carbonyl (C=O) groups excluding carboxylic acids is 2. The molecule has 7 nitrogen and oxygen atoms in total. The third kappa shape index (κ3) is 4.64. The van der Waals surface area contributed by atoms with Crippen molar-refractivity contribution < 1.29 is 14.3 Å². The zero-order valence-electron chi connectivity index (χ0n) is 19.7. The minimum Gasteiger partial charge on any atom is -0.456 e. The predicted octanol–water partition coefficient (Wildman–Crippen LogP) is 5.01. The molecule has 0 bridgehead atoms. The molecule has 1 aliphatic heterocycles. The molecule has 0 atom stereocenters. The first-order valence-corrected chi connectivity index (χ1v) is 13.3. The van der Waals surface area contributed by atoms with Crippen molar-refractivity contribution in [2.24, 2.45) is 0 Å². The molecular weight excluding hydrogens is 468 g/mol. The fourth-order valence-corrected chi connectivity index (χ4v) is 7.17. The number of hydrogen-bond acceptors (Lipinski definition) is 6. The lowest BCUT2D eigenvalue weighted by atomic mass is 10.0. The van der Waals surface area contributed by atoms with E-state index >= 15 is 0 Å². The van der Waals surface area contributed by atoms with E-state index in [0.29, 0.717) is 17.1 Å². The third-order valence-corrected chi connectivity index (χ3v) is 8.53. The molecule has 0 saturated heterocycles. The fraction of sp³-hybridized carbons (Fsp3) is 0.440. The van der Waals surface area contributed by atoms with Crippen molar-refractivity contribution in [2.75, 3.05) is 11.9 Å². The normalized spacial score (nSPS) is 15.0. The van der Waals surface area contributed by atoms with Gasteiger partial charge in [-0.1, -0.05) is 0 Å². The Morgan fingerprint density at radius 2 is 1.88 bits per heavy atom. The van der Waals surface area contributed by atoms with Gasteiger partial charge in [-0.25, -0.2) is 9.59 Å². The van der Waals surface area contributed by atoms with E-state index in [9.17, 15) is 9.59 Å². The van der Waals surface area contributed by atoms with Crippen LogP contribution in [0.3, 0.4) is 0 Å². The van der Waals surface area contributed by atoms with E-state index in [0.717, 1.165) is 54.9 Å². The van der Waals surface area contributed by atoms with Gasteiger partial charge < -0.3 is 19.9 Å². The van der Waals surface area contributed by atoms with Gasteiger partial charge in [0.05, 0.1) is 5.56 Å². The van der Waals surface area contributed by atoms with Crippen molar-refractivity contribution in [1.82, 2.24) is 15.2 Å². The maximum atomic E-state index is 13.0. The van der Waals surface area contributed by atoms with Gasteiger partial charge in [0, 0.05) is 40.8 Å². The summed E-state index contributed by atoms with van der Waals surface area (Å²) in [5, 5.41) is 11.2. The van der Waals surface area contributed by atoms with Crippen molar-refractivity contribution >= 4 is 39.7 Å². The molecule has 3 aromatic rings. The summed E-state index contributed by atoms with van der Waals surface area (Å²) in [5.41, 5.74) is 3.45. The number of rotatable bonds is 5. The lowest BCUT2D eigenvalue weighted by Gasteiger charge is -2.20. The van der Waals surface area contributed by atoms with Crippen LogP contribution in [0.2, 0.25) is 0 Å². The molecular formula is C25H30N4O3S2. The van der Waals surface area contributed by atoms with E-state index < -0.39 is 5.60 Å². The molecule has 0 radical (unpaired) electrons. The smallest absolute Gasteiger partial charge is 0.341 e. The minimum atomic E-state index is -0.591. The Morgan fingerprint density at radius 1 is 1.09 bits per heavy atom. The second kappa shape index (κ2) is 9.20. The second-order valence-electron chi connectivity index (χ2n) is 9.68. The van der Waals surface area contributed by atoms with Crippen LogP contribution in [0, 0.1) is 0 Å². The molecule has 3 aromatic heterocycles. The molecule has 180 valence electrons. The first-order chi connectivity index (χ1) is 16.3. The van der Waals surface area contributed by atoms with Crippen LogP contribution in [0.15, 0.2) is 24.5 Å². The Bertz CT molecular complexity index is 1220. The lowest BCUT2D eigenvalue weighted by Crippen LogP contribution is -2.30. The highest BCUT2D eigenvalue weighted by molar-refractivity contribution is 7.17. The Balaban J connectivity index is 1.35. The lowest BCUT2D eigenvalue weighted by molar-refractivity contribution is 0.00702. The van der Waals surface area contributed by atoms with Crippen LogP contribution >= 0.6 is 22.7 Å². The van der Waals surface area contributed by atoms with Crippen LogP contribution in [0.5, 0.6) is 0 Å². The van der Waals surface area contributed by atoms with Gasteiger partial charge >= 0.3 is 12.0 Å². The van der Waals surface area contributed by atoms with Gasteiger partial charge in [0.25, 0.3) is 0 Å². The highest BCUT2D eigenvalue weighted by Crippen LogP contribution is 2.40. The molecule has 4 heterocycles. The SMILES string of the molecule is CC(C)(C)OC(=O)c1c(NC(=O)NCc2c(-n3cccc3)sc3c2CCNC3)sc2c1CCC2. The van der Waals surface area contributed by atoms with Gasteiger partial charge in [-0.3, -0.25) is 5.32 Å². The topological polar surface area (TPSA) is 84.4 Å². The Kier molecular flexibility index (Phi) is 6.26. The first kappa shape index (κ1) is 23.1. The van der Waals surface area contributed by atoms with Crippen LogP contribution in [-0.2, 0) is 37.1 Å². The van der Waals surface area contributed by atoms with Crippen LogP contribution in [0.4, 0.5) is 9.80 Å². The number of ether oxygens (including phenoxy) is 1. The Hall–Kier alpha value is -2.62. The highest BCUT2D eigenvalue weighted by Gasteiger charge is 2.31. The predicted molar refractivity (Wildman–Crippen MR) is 136 cm³/mol.